The lowest BCUT2D eigenvalue weighted by Gasteiger charge is -2.26. The molecule has 112 valence electrons. The molecule has 0 aliphatic carbocycles. The number of carbonyl (C=O) groups is 1. The van der Waals surface area contributed by atoms with Gasteiger partial charge in [-0.2, -0.15) is 0 Å². The number of halogens is 3. The van der Waals surface area contributed by atoms with Gasteiger partial charge in [-0.1, -0.05) is 65.1 Å². The summed E-state index contributed by atoms with van der Waals surface area (Å²) in [6.07, 6.45) is 1.59. The van der Waals surface area contributed by atoms with E-state index >= 15 is 0 Å². The molecule has 21 heavy (non-hydrogen) atoms. The molecule has 7 heteroatoms. The number of carbonyl (C=O) groups excluding carboxylic acids is 1. The summed E-state index contributed by atoms with van der Waals surface area (Å²) < 4.78 is 3.20. The normalized spacial score (nSPS) is 14.5. The number of hydrogen-bond acceptors (Lipinski definition) is 3. The Kier molecular flexibility index (Phi) is 4.84. The van der Waals surface area contributed by atoms with Crippen molar-refractivity contribution in [3.05, 3.63) is 59.9 Å². The first-order chi connectivity index (χ1) is 9.84. The average Bonchev–Trinajstić information content (AvgIpc) is 2.98. The molecule has 1 atom stereocenters. The molecule has 0 amide bonds. The van der Waals surface area contributed by atoms with Crippen LogP contribution in [0.3, 0.4) is 0 Å². The van der Waals surface area contributed by atoms with Crippen LogP contribution in [0, 0.1) is 0 Å². The van der Waals surface area contributed by atoms with Crippen LogP contribution < -0.4 is 0 Å². The van der Waals surface area contributed by atoms with Gasteiger partial charge in [0, 0.05) is 11.8 Å². The smallest absolute Gasteiger partial charge is 0.349 e. The predicted octanol–water partition coefficient (Wildman–Crippen LogP) is 3.16. The van der Waals surface area contributed by atoms with Crippen LogP contribution in [0.1, 0.15) is 11.3 Å². The molecule has 2 aromatic rings. The maximum Gasteiger partial charge on any atom is 0.349 e. The van der Waals surface area contributed by atoms with Crippen LogP contribution in [0.4, 0.5) is 0 Å². The van der Waals surface area contributed by atoms with Gasteiger partial charge in [0.15, 0.2) is 0 Å². The van der Waals surface area contributed by atoms with Gasteiger partial charge in [0.1, 0.15) is 6.61 Å². The molecular weight excluding hydrogens is 337 g/mol. The van der Waals surface area contributed by atoms with Crippen LogP contribution >= 0.6 is 34.8 Å². The average molecular weight is 349 g/mol. The molecule has 0 saturated heterocycles. The summed E-state index contributed by atoms with van der Waals surface area (Å²) in [5.41, 5.74) is -1.38. The molecule has 0 bridgehead atoms. The van der Waals surface area contributed by atoms with E-state index in [4.69, 9.17) is 39.5 Å². The number of ether oxygens (including phenoxy) is 1. The lowest BCUT2D eigenvalue weighted by atomic mass is 9.90. The van der Waals surface area contributed by atoms with Crippen LogP contribution in [0.5, 0.6) is 0 Å². The highest BCUT2D eigenvalue weighted by Crippen LogP contribution is 2.32. The highest BCUT2D eigenvalue weighted by Gasteiger charge is 2.43. The van der Waals surface area contributed by atoms with E-state index in [0.717, 1.165) is 0 Å². The predicted molar refractivity (Wildman–Crippen MR) is 81.5 cm³/mol. The lowest BCUT2D eigenvalue weighted by Crippen LogP contribution is -2.40. The number of esters is 1. The van der Waals surface area contributed by atoms with E-state index in [1.54, 1.807) is 48.7 Å². The topological polar surface area (TPSA) is 62.3 Å². The van der Waals surface area contributed by atoms with Crippen molar-refractivity contribution in [1.29, 1.82) is 0 Å². The summed E-state index contributed by atoms with van der Waals surface area (Å²) in [5, 5.41) is 10.9. The second-order valence-corrected chi connectivity index (χ2v) is 6.87. The van der Waals surface area contributed by atoms with Gasteiger partial charge in [0.25, 0.3) is 0 Å². The Hall–Kier alpha value is -1.20. The SMILES string of the molecule is O=C(OCC(Cl)(Cl)Cl)[C@@](O)(c1ccccc1)c1ccc[nH]1. The minimum Gasteiger partial charge on any atom is -0.458 e. The van der Waals surface area contributed by atoms with Gasteiger partial charge in [0.05, 0.1) is 5.69 Å². The molecule has 2 N–H and O–H groups in total. The second kappa shape index (κ2) is 6.28. The molecule has 0 spiro atoms. The number of hydrogen-bond donors (Lipinski definition) is 2. The molecule has 0 fully saturated rings. The quantitative estimate of drug-likeness (QED) is 0.659. The fourth-order valence-electron chi connectivity index (χ4n) is 1.87. The standard InChI is InChI=1S/C14H12Cl3NO3/c15-13(16,17)9-21-12(19)14(20,11-7-4-8-18-11)10-5-2-1-3-6-10/h1-8,18,20H,9H2/t14-/m1/s1. The van der Waals surface area contributed by atoms with Gasteiger partial charge < -0.3 is 14.8 Å². The van der Waals surface area contributed by atoms with Crippen molar-refractivity contribution in [1.82, 2.24) is 4.98 Å². The maximum absolute atomic E-state index is 12.3. The number of aliphatic hydroxyl groups is 1. The van der Waals surface area contributed by atoms with Crippen LogP contribution in [-0.4, -0.2) is 26.5 Å². The van der Waals surface area contributed by atoms with E-state index < -0.39 is 22.0 Å². The van der Waals surface area contributed by atoms with E-state index in [1.807, 2.05) is 0 Å². The number of nitrogens with one attached hydrogen (secondary N) is 1. The van der Waals surface area contributed by atoms with Crippen molar-refractivity contribution in [2.24, 2.45) is 0 Å². The van der Waals surface area contributed by atoms with E-state index in [9.17, 15) is 9.90 Å². The molecule has 0 aliphatic rings. The molecule has 2 rings (SSSR count). The van der Waals surface area contributed by atoms with Gasteiger partial charge in [-0.05, 0) is 12.1 Å². The van der Waals surface area contributed by atoms with E-state index in [2.05, 4.69) is 4.98 Å². The van der Waals surface area contributed by atoms with Crippen molar-refractivity contribution >= 4 is 40.8 Å². The van der Waals surface area contributed by atoms with Crippen molar-refractivity contribution in [2.45, 2.75) is 9.39 Å². The van der Waals surface area contributed by atoms with Gasteiger partial charge in [-0.25, -0.2) is 4.79 Å². The first kappa shape index (κ1) is 16.2. The molecule has 0 unspecified atom stereocenters. The molecule has 4 nitrogen and oxygen atoms in total. The number of rotatable bonds is 4. The van der Waals surface area contributed by atoms with Crippen LogP contribution in [0.15, 0.2) is 48.7 Å². The van der Waals surface area contributed by atoms with Crippen molar-refractivity contribution in [2.75, 3.05) is 6.61 Å². The Morgan fingerprint density at radius 2 is 1.81 bits per heavy atom. The van der Waals surface area contributed by atoms with E-state index in [-0.39, 0.29) is 5.69 Å². The summed E-state index contributed by atoms with van der Waals surface area (Å²) in [5.74, 6) is -0.928. The third-order valence-electron chi connectivity index (χ3n) is 2.84. The monoisotopic (exact) mass is 347 g/mol. The highest BCUT2D eigenvalue weighted by atomic mass is 35.6. The van der Waals surface area contributed by atoms with Crippen LogP contribution in [0.25, 0.3) is 0 Å². The summed E-state index contributed by atoms with van der Waals surface area (Å²) in [4.78, 5) is 15.1. The van der Waals surface area contributed by atoms with Crippen molar-refractivity contribution < 1.29 is 14.6 Å². The molecule has 0 aliphatic heterocycles. The Bertz CT molecular complexity index is 596. The zero-order valence-corrected chi connectivity index (χ0v) is 13.0. The zero-order valence-electron chi connectivity index (χ0n) is 10.7. The minimum absolute atomic E-state index is 0.267. The fourth-order valence-corrected chi connectivity index (χ4v) is 2.03. The van der Waals surface area contributed by atoms with Crippen molar-refractivity contribution in [3.63, 3.8) is 0 Å². The fraction of sp³-hybridized carbons (Fsp3) is 0.214. The summed E-state index contributed by atoms with van der Waals surface area (Å²) >= 11 is 16.7. The number of H-pyrrole nitrogens is 1. The minimum atomic E-state index is -2.00. The van der Waals surface area contributed by atoms with Gasteiger partial charge in [0.2, 0.25) is 9.39 Å². The maximum atomic E-state index is 12.3. The number of aromatic nitrogens is 1. The molecule has 1 aromatic heterocycles. The number of alkyl halides is 3. The van der Waals surface area contributed by atoms with E-state index in [1.165, 1.54) is 0 Å². The number of aromatic amines is 1. The third-order valence-corrected chi connectivity index (χ3v) is 3.17. The Balaban J connectivity index is 2.36. The molecule has 0 saturated carbocycles. The largest absolute Gasteiger partial charge is 0.458 e. The van der Waals surface area contributed by atoms with Gasteiger partial charge in [-0.3, -0.25) is 0 Å². The first-order valence-corrected chi connectivity index (χ1v) is 7.13. The summed E-state index contributed by atoms with van der Waals surface area (Å²) in [6, 6.07) is 11.6. The van der Waals surface area contributed by atoms with Crippen LogP contribution in [-0.2, 0) is 15.1 Å². The van der Waals surface area contributed by atoms with E-state index in [0.29, 0.717) is 5.56 Å². The third kappa shape index (κ3) is 3.71. The Labute approximate surface area is 136 Å². The van der Waals surface area contributed by atoms with Crippen LogP contribution in [0.2, 0.25) is 0 Å². The van der Waals surface area contributed by atoms with Crippen molar-refractivity contribution in [3.8, 4) is 0 Å². The second-order valence-electron chi connectivity index (χ2n) is 4.35. The summed E-state index contributed by atoms with van der Waals surface area (Å²) in [7, 11) is 0. The Morgan fingerprint density at radius 1 is 1.14 bits per heavy atom. The Morgan fingerprint density at radius 3 is 2.33 bits per heavy atom. The molecular formula is C14H12Cl3NO3. The highest BCUT2D eigenvalue weighted by molar-refractivity contribution is 6.67. The first-order valence-electron chi connectivity index (χ1n) is 6.00. The lowest BCUT2D eigenvalue weighted by molar-refractivity contribution is -0.162. The van der Waals surface area contributed by atoms with Gasteiger partial charge in [-0.15, -0.1) is 0 Å². The number of benzene rings is 1. The van der Waals surface area contributed by atoms with Gasteiger partial charge >= 0.3 is 5.97 Å². The zero-order chi connectivity index (χ0) is 15.5. The summed E-state index contributed by atoms with van der Waals surface area (Å²) in [6.45, 7) is -0.466. The molecule has 1 heterocycles. The molecule has 1 aromatic carbocycles. The molecule has 0 radical (unpaired) electrons.